The van der Waals surface area contributed by atoms with Crippen LogP contribution in [0, 0.1) is 10.1 Å². The standard InChI is InChI=1S/C23H22N4O8/c1-31-18-9-15(16(27(29)30)10-19(18)32-2)23(28)26-7-3-4-14(11-26)22-25-24-21(35-22)13-5-6-17-20(8-13)34-12-33-17/h5-6,8-10,14H,3-4,7,11-12H2,1-2H3. The first-order valence-corrected chi connectivity index (χ1v) is 10.9. The summed E-state index contributed by atoms with van der Waals surface area (Å²) >= 11 is 0. The highest BCUT2D eigenvalue weighted by molar-refractivity contribution is 5.99. The van der Waals surface area contributed by atoms with Crippen LogP contribution in [0.5, 0.6) is 23.0 Å². The first-order valence-electron chi connectivity index (χ1n) is 10.9. The Bertz CT molecular complexity index is 1290. The number of amides is 1. The normalized spacial score (nSPS) is 16.7. The summed E-state index contributed by atoms with van der Waals surface area (Å²) in [6, 6.07) is 7.89. The van der Waals surface area contributed by atoms with E-state index in [1.807, 2.05) is 0 Å². The Kier molecular flexibility index (Phi) is 5.85. The SMILES string of the molecule is COc1cc(C(=O)N2CCCC(c3nnc(-c4ccc5c(c4)OCO5)o3)C2)c([N+](=O)[O-])cc1OC. The minimum atomic E-state index is -0.605. The summed E-state index contributed by atoms with van der Waals surface area (Å²) in [6.07, 6.45) is 1.42. The fourth-order valence-electron chi connectivity index (χ4n) is 4.27. The molecule has 1 atom stereocenters. The van der Waals surface area contributed by atoms with Crippen molar-refractivity contribution in [1.82, 2.24) is 15.1 Å². The lowest BCUT2D eigenvalue weighted by Crippen LogP contribution is -2.39. The second-order valence-electron chi connectivity index (χ2n) is 8.09. The van der Waals surface area contributed by atoms with Crippen LogP contribution in [0.4, 0.5) is 5.69 Å². The summed E-state index contributed by atoms with van der Waals surface area (Å²) in [4.78, 5) is 26.0. The van der Waals surface area contributed by atoms with Crippen LogP contribution in [0.3, 0.4) is 0 Å². The summed E-state index contributed by atoms with van der Waals surface area (Å²) in [5.41, 5.74) is 0.273. The number of hydrogen-bond acceptors (Lipinski definition) is 10. The van der Waals surface area contributed by atoms with Crippen LogP contribution in [-0.2, 0) is 0 Å². The third-order valence-corrected chi connectivity index (χ3v) is 6.05. The molecule has 0 aliphatic carbocycles. The van der Waals surface area contributed by atoms with Gasteiger partial charge in [-0.05, 0) is 31.0 Å². The van der Waals surface area contributed by atoms with Crippen molar-refractivity contribution in [3.05, 3.63) is 51.9 Å². The van der Waals surface area contributed by atoms with E-state index in [2.05, 4.69) is 10.2 Å². The topological polar surface area (TPSA) is 139 Å². The molecule has 1 unspecified atom stereocenters. The number of benzene rings is 2. The van der Waals surface area contributed by atoms with E-state index in [0.717, 1.165) is 6.42 Å². The average molecular weight is 482 g/mol. The molecule has 35 heavy (non-hydrogen) atoms. The zero-order valence-corrected chi connectivity index (χ0v) is 19.1. The number of nitro benzene ring substituents is 1. The molecule has 182 valence electrons. The lowest BCUT2D eigenvalue weighted by atomic mass is 9.97. The number of ether oxygens (including phenoxy) is 4. The molecule has 5 rings (SSSR count). The molecule has 2 aromatic carbocycles. The molecule has 2 aliphatic rings. The van der Waals surface area contributed by atoms with Gasteiger partial charge in [0.2, 0.25) is 18.6 Å². The van der Waals surface area contributed by atoms with Crippen LogP contribution in [0.25, 0.3) is 11.5 Å². The average Bonchev–Trinajstić information content (AvgIpc) is 3.57. The number of fused-ring (bicyclic) bond motifs is 1. The molecule has 12 nitrogen and oxygen atoms in total. The van der Waals surface area contributed by atoms with Gasteiger partial charge in [0.1, 0.15) is 5.56 Å². The number of hydrogen-bond donors (Lipinski definition) is 0. The maximum absolute atomic E-state index is 13.3. The van der Waals surface area contributed by atoms with Crippen molar-refractivity contribution in [2.24, 2.45) is 0 Å². The van der Waals surface area contributed by atoms with E-state index < -0.39 is 10.8 Å². The Labute approximate surface area is 199 Å². The smallest absolute Gasteiger partial charge is 0.286 e. The summed E-state index contributed by atoms with van der Waals surface area (Å²) in [5.74, 6) is 1.72. The van der Waals surface area contributed by atoms with E-state index in [0.29, 0.717) is 41.8 Å². The highest BCUT2D eigenvalue weighted by atomic mass is 16.7. The van der Waals surface area contributed by atoms with Gasteiger partial charge in [0.15, 0.2) is 23.0 Å². The molecular weight excluding hydrogens is 460 g/mol. The van der Waals surface area contributed by atoms with Crippen LogP contribution in [-0.4, -0.2) is 60.0 Å². The van der Waals surface area contributed by atoms with Crippen LogP contribution in [0.1, 0.15) is 35.0 Å². The van der Waals surface area contributed by atoms with Gasteiger partial charge in [0, 0.05) is 24.7 Å². The van der Waals surface area contributed by atoms with Crippen molar-refractivity contribution >= 4 is 11.6 Å². The fraction of sp³-hybridized carbons (Fsp3) is 0.348. The van der Waals surface area contributed by atoms with E-state index in [9.17, 15) is 14.9 Å². The summed E-state index contributed by atoms with van der Waals surface area (Å²) < 4.78 is 27.1. The van der Waals surface area contributed by atoms with Gasteiger partial charge < -0.3 is 28.3 Å². The predicted molar refractivity (Wildman–Crippen MR) is 120 cm³/mol. The molecule has 2 aliphatic heterocycles. The van der Waals surface area contributed by atoms with Crippen molar-refractivity contribution < 1.29 is 33.1 Å². The molecule has 0 radical (unpaired) electrons. The zero-order chi connectivity index (χ0) is 24.5. The van der Waals surface area contributed by atoms with Gasteiger partial charge in [0.25, 0.3) is 11.6 Å². The number of carbonyl (C=O) groups excluding carboxylic acids is 1. The van der Waals surface area contributed by atoms with Gasteiger partial charge in [0.05, 0.1) is 31.1 Å². The van der Waals surface area contributed by atoms with Gasteiger partial charge in [-0.15, -0.1) is 10.2 Å². The molecule has 3 aromatic rings. The van der Waals surface area contributed by atoms with Crippen LogP contribution >= 0.6 is 0 Å². The molecule has 1 amide bonds. The summed E-state index contributed by atoms with van der Waals surface area (Å²) in [5, 5.41) is 20.0. The number of methoxy groups -OCH3 is 2. The zero-order valence-electron chi connectivity index (χ0n) is 19.1. The number of nitrogens with zero attached hydrogens (tertiary/aromatic N) is 4. The molecule has 1 saturated heterocycles. The van der Waals surface area contributed by atoms with Crippen molar-refractivity contribution in [2.45, 2.75) is 18.8 Å². The van der Waals surface area contributed by atoms with E-state index in [1.54, 1.807) is 23.1 Å². The number of piperidine rings is 1. The van der Waals surface area contributed by atoms with Crippen molar-refractivity contribution in [1.29, 1.82) is 0 Å². The predicted octanol–water partition coefficient (Wildman–Crippen LogP) is 3.41. The molecule has 3 heterocycles. The molecule has 0 spiro atoms. The van der Waals surface area contributed by atoms with Crippen LogP contribution in [0.2, 0.25) is 0 Å². The fourth-order valence-corrected chi connectivity index (χ4v) is 4.27. The van der Waals surface area contributed by atoms with Crippen molar-refractivity contribution in [2.75, 3.05) is 34.1 Å². The third-order valence-electron chi connectivity index (χ3n) is 6.05. The second kappa shape index (κ2) is 9.12. The van der Waals surface area contributed by atoms with Crippen LogP contribution in [0.15, 0.2) is 34.7 Å². The van der Waals surface area contributed by atoms with E-state index in [1.165, 1.54) is 26.4 Å². The monoisotopic (exact) mass is 482 g/mol. The molecule has 0 bridgehead atoms. The highest BCUT2D eigenvalue weighted by Gasteiger charge is 2.33. The molecule has 0 N–H and O–H groups in total. The maximum atomic E-state index is 13.3. The molecular formula is C23H22N4O8. The van der Waals surface area contributed by atoms with Gasteiger partial charge in [-0.2, -0.15) is 0 Å². The Morgan fingerprint density at radius 3 is 2.66 bits per heavy atom. The summed E-state index contributed by atoms with van der Waals surface area (Å²) in [6.45, 7) is 0.898. The Morgan fingerprint density at radius 2 is 1.89 bits per heavy atom. The summed E-state index contributed by atoms with van der Waals surface area (Å²) in [7, 11) is 2.78. The minimum absolute atomic E-state index is 0.0696. The Balaban J connectivity index is 1.37. The molecule has 12 heteroatoms. The molecule has 0 saturated carbocycles. The van der Waals surface area contributed by atoms with Gasteiger partial charge in [-0.25, -0.2) is 0 Å². The third kappa shape index (κ3) is 4.18. The number of likely N-dealkylation sites (tertiary alicyclic amines) is 1. The van der Waals surface area contributed by atoms with Gasteiger partial charge >= 0.3 is 0 Å². The highest BCUT2D eigenvalue weighted by Crippen LogP contribution is 2.38. The first-order chi connectivity index (χ1) is 17.0. The molecule has 1 fully saturated rings. The largest absolute Gasteiger partial charge is 0.493 e. The van der Waals surface area contributed by atoms with E-state index in [4.69, 9.17) is 23.4 Å². The van der Waals surface area contributed by atoms with Gasteiger partial charge in [-0.3, -0.25) is 14.9 Å². The number of carbonyl (C=O) groups is 1. The number of rotatable bonds is 6. The van der Waals surface area contributed by atoms with Crippen LogP contribution < -0.4 is 18.9 Å². The van der Waals surface area contributed by atoms with E-state index in [-0.39, 0.29) is 42.0 Å². The second-order valence-corrected chi connectivity index (χ2v) is 8.09. The molecule has 1 aromatic heterocycles. The number of nitro groups is 1. The number of aromatic nitrogens is 2. The Hall–Kier alpha value is -4.35. The quantitative estimate of drug-likeness (QED) is 0.379. The first kappa shape index (κ1) is 22.4. The van der Waals surface area contributed by atoms with E-state index >= 15 is 0 Å². The lowest BCUT2D eigenvalue weighted by Gasteiger charge is -2.31. The minimum Gasteiger partial charge on any atom is -0.493 e. The lowest BCUT2D eigenvalue weighted by molar-refractivity contribution is -0.385. The maximum Gasteiger partial charge on any atom is 0.286 e. The van der Waals surface area contributed by atoms with Crippen molar-refractivity contribution in [3.8, 4) is 34.5 Å². The Morgan fingerprint density at radius 1 is 1.11 bits per heavy atom. The van der Waals surface area contributed by atoms with Gasteiger partial charge in [-0.1, -0.05) is 0 Å². The van der Waals surface area contributed by atoms with Crippen molar-refractivity contribution in [3.63, 3.8) is 0 Å².